The summed E-state index contributed by atoms with van der Waals surface area (Å²) >= 11 is 5.83. The highest BCUT2D eigenvalue weighted by Crippen LogP contribution is 2.30. The smallest absolute Gasteiger partial charge is 0.222 e. The Hall–Kier alpha value is -1.23. The summed E-state index contributed by atoms with van der Waals surface area (Å²) in [4.78, 5) is 4.12. The van der Waals surface area contributed by atoms with Gasteiger partial charge in [0.1, 0.15) is 16.9 Å². The maximum absolute atomic E-state index is 12.6. The van der Waals surface area contributed by atoms with Gasteiger partial charge in [-0.1, -0.05) is 11.6 Å². The lowest BCUT2D eigenvalue weighted by Gasteiger charge is -2.17. The first-order valence-electron chi connectivity index (χ1n) is 5.47. The number of aryl methyl sites for hydroxylation is 2. The molecule has 2 heterocycles. The highest BCUT2D eigenvalue weighted by atomic mass is 35.7. The fraction of sp³-hybridized carbons (Fsp3) is 0.273. The van der Waals surface area contributed by atoms with Gasteiger partial charge in [-0.25, -0.2) is 18.6 Å². The fourth-order valence-corrected chi connectivity index (χ4v) is 1.91. The van der Waals surface area contributed by atoms with E-state index in [-0.39, 0.29) is 5.02 Å². The molecule has 2 aromatic rings. The van der Waals surface area contributed by atoms with Crippen LogP contribution in [0.5, 0.6) is 0 Å². The molecular formula is C11H9Cl2F3N2O4. The van der Waals surface area contributed by atoms with E-state index in [1.165, 1.54) is 4.40 Å². The average molecular weight is 361 g/mol. The van der Waals surface area contributed by atoms with Crippen LogP contribution in [0, 0.1) is 24.1 Å². The van der Waals surface area contributed by atoms with Gasteiger partial charge in [-0.05, 0) is 18.0 Å². The third-order valence-corrected chi connectivity index (χ3v) is 2.68. The number of halogens is 5. The summed E-state index contributed by atoms with van der Waals surface area (Å²) < 4.78 is 73.2. The van der Waals surface area contributed by atoms with Gasteiger partial charge in [-0.15, -0.1) is 10.2 Å². The van der Waals surface area contributed by atoms with Crippen LogP contribution < -0.4 is 23.0 Å². The summed E-state index contributed by atoms with van der Waals surface area (Å²) in [5.74, 6) is 0. The Morgan fingerprint density at radius 3 is 2.09 bits per heavy atom. The molecule has 0 unspecified atom stereocenters. The molecule has 0 bridgehead atoms. The van der Waals surface area contributed by atoms with Crippen molar-refractivity contribution >= 4 is 17.2 Å². The molecule has 0 aliphatic rings. The SMILES string of the molecule is Cc1cc(C)[n+]2cc(C(F)(F)F)cc(Cl)c2n1.[O-][Cl+3]([O-])([O-])[O-]. The third kappa shape index (κ3) is 5.52. The Balaban J connectivity index is 0.000000422. The molecule has 0 saturated carbocycles. The lowest BCUT2D eigenvalue weighted by atomic mass is 10.2. The minimum absolute atomic E-state index is 0.00775. The predicted octanol–water partition coefficient (Wildman–Crippen LogP) is -1.65. The second-order valence-corrected chi connectivity index (χ2v) is 5.35. The molecule has 122 valence electrons. The van der Waals surface area contributed by atoms with Crippen LogP contribution in [0.15, 0.2) is 18.3 Å². The van der Waals surface area contributed by atoms with Crippen molar-refractivity contribution in [2.45, 2.75) is 20.0 Å². The van der Waals surface area contributed by atoms with Gasteiger partial charge in [0, 0.05) is 13.0 Å². The van der Waals surface area contributed by atoms with Crippen molar-refractivity contribution in [3.05, 3.63) is 40.3 Å². The van der Waals surface area contributed by atoms with E-state index in [4.69, 9.17) is 30.2 Å². The fourth-order valence-electron chi connectivity index (χ4n) is 1.66. The van der Waals surface area contributed by atoms with Crippen molar-refractivity contribution in [3.63, 3.8) is 0 Å². The first kappa shape index (κ1) is 18.8. The van der Waals surface area contributed by atoms with Crippen LogP contribution in [0.4, 0.5) is 13.2 Å². The molecule has 0 spiro atoms. The predicted molar refractivity (Wildman–Crippen MR) is 56.9 cm³/mol. The summed E-state index contributed by atoms with van der Waals surface area (Å²) in [6, 6.07) is 2.59. The number of fused-ring (bicyclic) bond motifs is 1. The molecule has 0 saturated heterocycles. The average Bonchev–Trinajstić information content (AvgIpc) is 2.26. The van der Waals surface area contributed by atoms with Crippen LogP contribution in [0.2, 0.25) is 5.02 Å². The highest BCUT2D eigenvalue weighted by molar-refractivity contribution is 6.33. The topological polar surface area (TPSA) is 109 Å². The zero-order valence-electron chi connectivity index (χ0n) is 11.1. The first-order chi connectivity index (χ1) is 9.79. The molecule has 0 N–H and O–H groups in total. The summed E-state index contributed by atoms with van der Waals surface area (Å²) in [6.45, 7) is 3.47. The van der Waals surface area contributed by atoms with Gasteiger partial charge in [-0.3, -0.25) is 0 Å². The van der Waals surface area contributed by atoms with Crippen molar-refractivity contribution < 1.29 is 46.5 Å². The van der Waals surface area contributed by atoms with E-state index in [1.807, 2.05) is 0 Å². The van der Waals surface area contributed by atoms with Crippen molar-refractivity contribution in [1.29, 1.82) is 0 Å². The normalized spacial score (nSPS) is 12.1. The minimum atomic E-state index is -4.94. The molecule has 0 amide bonds. The number of alkyl halides is 3. The zero-order valence-corrected chi connectivity index (χ0v) is 12.7. The third-order valence-electron chi connectivity index (χ3n) is 2.40. The highest BCUT2D eigenvalue weighted by Gasteiger charge is 2.33. The van der Waals surface area contributed by atoms with E-state index in [1.54, 1.807) is 19.9 Å². The molecule has 0 fully saturated rings. The van der Waals surface area contributed by atoms with Gasteiger partial charge in [0.05, 0.1) is 5.56 Å². The molecule has 11 heteroatoms. The van der Waals surface area contributed by atoms with Gasteiger partial charge in [0.15, 0.2) is 5.69 Å². The number of hydrogen-bond donors (Lipinski definition) is 0. The molecule has 22 heavy (non-hydrogen) atoms. The van der Waals surface area contributed by atoms with Crippen LogP contribution in [-0.2, 0) is 6.18 Å². The molecule has 0 radical (unpaired) electrons. The number of nitrogens with zero attached hydrogens (tertiary/aromatic N) is 2. The summed E-state index contributed by atoms with van der Waals surface area (Å²) in [6.07, 6.45) is -3.41. The summed E-state index contributed by atoms with van der Waals surface area (Å²) in [5, 5.41) is -0.00775. The molecule has 2 aromatic heterocycles. The molecule has 0 atom stereocenters. The quantitative estimate of drug-likeness (QED) is 0.523. The monoisotopic (exact) mass is 360 g/mol. The molecule has 6 nitrogen and oxygen atoms in total. The van der Waals surface area contributed by atoms with Crippen LogP contribution in [0.25, 0.3) is 5.65 Å². The summed E-state index contributed by atoms with van der Waals surface area (Å²) in [5.41, 5.74) is 0.913. The van der Waals surface area contributed by atoms with Gasteiger partial charge >= 0.3 is 11.8 Å². The molecule has 0 aliphatic heterocycles. The van der Waals surface area contributed by atoms with Crippen molar-refractivity contribution in [2.24, 2.45) is 0 Å². The maximum atomic E-state index is 12.6. The van der Waals surface area contributed by atoms with Crippen molar-refractivity contribution in [1.82, 2.24) is 4.98 Å². The summed E-state index contributed by atoms with van der Waals surface area (Å²) in [7, 11) is -4.94. The zero-order chi connectivity index (χ0) is 17.3. The van der Waals surface area contributed by atoms with E-state index in [9.17, 15) is 13.2 Å². The maximum Gasteiger partial charge on any atom is 0.419 e. The first-order valence-corrected chi connectivity index (χ1v) is 7.08. The van der Waals surface area contributed by atoms with Gasteiger partial charge in [-0.2, -0.15) is 17.6 Å². The Labute approximate surface area is 129 Å². The van der Waals surface area contributed by atoms with Crippen LogP contribution >= 0.6 is 11.6 Å². The number of pyridine rings is 1. The number of hydrogen-bond acceptors (Lipinski definition) is 5. The Kier molecular flexibility index (Phi) is 5.55. The van der Waals surface area contributed by atoms with Gasteiger partial charge < -0.3 is 0 Å². The van der Waals surface area contributed by atoms with Crippen molar-refractivity contribution in [3.8, 4) is 0 Å². The van der Waals surface area contributed by atoms with Crippen LogP contribution in [0.1, 0.15) is 17.0 Å². The van der Waals surface area contributed by atoms with Crippen LogP contribution in [-0.4, -0.2) is 4.98 Å². The largest absolute Gasteiger partial charge is 0.419 e. The standard InChI is InChI=1S/C11H9ClF3N2.ClHO4/c1-6-3-7(2)17-5-8(11(13,14)15)4-9(12)10(17)16-6;2-1(3,4)5/h3-5H,1-2H3;(H,2,3,4,5)/q+1;/p-1. The van der Waals surface area contributed by atoms with E-state index >= 15 is 0 Å². The van der Waals surface area contributed by atoms with E-state index in [0.29, 0.717) is 17.0 Å². The molecular weight excluding hydrogens is 352 g/mol. The second kappa shape index (κ2) is 6.49. The Morgan fingerprint density at radius 1 is 1.14 bits per heavy atom. The number of rotatable bonds is 0. The van der Waals surface area contributed by atoms with Gasteiger partial charge in [0.25, 0.3) is 0 Å². The van der Waals surface area contributed by atoms with E-state index < -0.39 is 22.0 Å². The lowest BCUT2D eigenvalue weighted by molar-refractivity contribution is -2.00. The van der Waals surface area contributed by atoms with Crippen LogP contribution in [0.3, 0.4) is 0 Å². The molecule has 0 aliphatic carbocycles. The Bertz CT molecular complexity index is 684. The van der Waals surface area contributed by atoms with Gasteiger partial charge in [0.2, 0.25) is 0 Å². The second-order valence-electron chi connectivity index (χ2n) is 4.18. The minimum Gasteiger partial charge on any atom is -0.222 e. The van der Waals surface area contributed by atoms with E-state index in [2.05, 4.69) is 4.98 Å². The molecule has 0 aromatic carbocycles. The van der Waals surface area contributed by atoms with E-state index in [0.717, 1.165) is 12.3 Å². The molecule has 2 rings (SSSR count). The Morgan fingerprint density at radius 2 is 1.64 bits per heavy atom. The lowest BCUT2D eigenvalue weighted by Crippen LogP contribution is -2.68. The number of aromatic nitrogens is 2. The van der Waals surface area contributed by atoms with Crippen molar-refractivity contribution in [2.75, 3.05) is 0 Å².